The van der Waals surface area contributed by atoms with Crippen LogP contribution in [0.3, 0.4) is 0 Å². The third-order valence-electron chi connectivity index (χ3n) is 8.21. The third kappa shape index (κ3) is 2.48. The minimum atomic E-state index is 0.423. The van der Waals surface area contributed by atoms with Gasteiger partial charge in [0.05, 0.1) is 0 Å². The van der Waals surface area contributed by atoms with Crippen LogP contribution < -0.4 is 5.73 Å². The van der Waals surface area contributed by atoms with E-state index >= 15 is 0 Å². The second kappa shape index (κ2) is 5.55. The lowest BCUT2D eigenvalue weighted by Crippen LogP contribution is -2.55. The monoisotopic (exact) mass is 291 g/mol. The van der Waals surface area contributed by atoms with Crippen molar-refractivity contribution < 1.29 is 0 Å². The van der Waals surface area contributed by atoms with Crippen molar-refractivity contribution >= 4 is 0 Å². The van der Waals surface area contributed by atoms with Crippen LogP contribution in [0.5, 0.6) is 0 Å². The van der Waals surface area contributed by atoms with E-state index < -0.39 is 0 Å². The molecule has 0 spiro atoms. The van der Waals surface area contributed by atoms with Crippen LogP contribution in [-0.4, -0.2) is 6.54 Å². The highest BCUT2D eigenvalue weighted by atomic mass is 14.7. The van der Waals surface area contributed by atoms with Crippen molar-refractivity contribution in [1.29, 1.82) is 0 Å². The smallest absolute Gasteiger partial charge is 0.00203 e. The van der Waals surface area contributed by atoms with Gasteiger partial charge in [0.15, 0.2) is 0 Å². The van der Waals surface area contributed by atoms with E-state index in [0.717, 1.165) is 36.1 Å². The third-order valence-corrected chi connectivity index (χ3v) is 8.21. The summed E-state index contributed by atoms with van der Waals surface area (Å²) in [5, 5.41) is 0. The van der Waals surface area contributed by atoms with Gasteiger partial charge in [-0.2, -0.15) is 0 Å². The van der Waals surface area contributed by atoms with Gasteiger partial charge >= 0.3 is 0 Å². The molecule has 0 aromatic carbocycles. The molecule has 6 atom stereocenters. The van der Waals surface area contributed by atoms with E-state index in [1.807, 2.05) is 0 Å². The van der Waals surface area contributed by atoms with Gasteiger partial charge in [-0.05, 0) is 91.9 Å². The molecule has 3 fully saturated rings. The van der Waals surface area contributed by atoms with Crippen LogP contribution in [0.2, 0.25) is 0 Å². The van der Waals surface area contributed by atoms with Crippen LogP contribution in [0.4, 0.5) is 0 Å². The molecular formula is C20H37N. The van der Waals surface area contributed by atoms with Gasteiger partial charge in [0.1, 0.15) is 0 Å². The van der Waals surface area contributed by atoms with Crippen LogP contribution in [0, 0.1) is 40.4 Å². The Labute approximate surface area is 132 Å². The van der Waals surface area contributed by atoms with E-state index in [-0.39, 0.29) is 0 Å². The minimum Gasteiger partial charge on any atom is -0.330 e. The summed E-state index contributed by atoms with van der Waals surface area (Å²) in [5.41, 5.74) is 7.25. The van der Waals surface area contributed by atoms with Gasteiger partial charge in [0, 0.05) is 0 Å². The van der Waals surface area contributed by atoms with Crippen LogP contribution in [0.25, 0.3) is 0 Å². The lowest BCUT2D eigenvalue weighted by Gasteiger charge is -2.62. The number of nitrogens with two attached hydrogens (primary N) is 1. The first-order valence-electron chi connectivity index (χ1n) is 9.61. The molecule has 1 heteroatoms. The standard InChI is InChI=1S/C20H37N/c1-14(2)15-6-8-17-16(12-15)7-9-18-19(3,13-21)10-5-11-20(17,18)4/h14-18H,5-13,21H2,1-4H3/t15-,16-,17+,18+,19+,20-/m1/s1. The highest BCUT2D eigenvalue weighted by Gasteiger charge is 2.56. The summed E-state index contributed by atoms with van der Waals surface area (Å²) >= 11 is 0. The largest absolute Gasteiger partial charge is 0.330 e. The maximum absolute atomic E-state index is 6.23. The Morgan fingerprint density at radius 1 is 1.05 bits per heavy atom. The van der Waals surface area contributed by atoms with Crippen molar-refractivity contribution in [2.45, 2.75) is 79.1 Å². The first-order chi connectivity index (χ1) is 9.90. The Morgan fingerprint density at radius 2 is 1.81 bits per heavy atom. The average Bonchev–Trinajstić information content (AvgIpc) is 2.46. The molecule has 122 valence electrons. The van der Waals surface area contributed by atoms with E-state index in [0.29, 0.717) is 10.8 Å². The fourth-order valence-electron chi connectivity index (χ4n) is 6.86. The summed E-state index contributed by atoms with van der Waals surface area (Å²) in [6, 6.07) is 0. The molecule has 3 rings (SSSR count). The molecule has 21 heavy (non-hydrogen) atoms. The summed E-state index contributed by atoms with van der Waals surface area (Å²) in [6.45, 7) is 10.9. The molecule has 0 aromatic heterocycles. The van der Waals surface area contributed by atoms with Gasteiger partial charge in [-0.15, -0.1) is 0 Å². The molecule has 0 saturated heterocycles. The Bertz CT molecular complexity index is 376. The van der Waals surface area contributed by atoms with E-state index in [9.17, 15) is 0 Å². The van der Waals surface area contributed by atoms with Crippen LogP contribution in [-0.2, 0) is 0 Å². The molecular weight excluding hydrogens is 254 g/mol. The van der Waals surface area contributed by atoms with Crippen molar-refractivity contribution in [3.8, 4) is 0 Å². The minimum absolute atomic E-state index is 0.423. The fraction of sp³-hybridized carbons (Fsp3) is 1.00. The molecule has 0 aromatic rings. The van der Waals surface area contributed by atoms with Gasteiger partial charge < -0.3 is 5.73 Å². The summed E-state index contributed by atoms with van der Waals surface area (Å²) in [7, 11) is 0. The summed E-state index contributed by atoms with van der Waals surface area (Å²) in [6.07, 6.45) is 11.7. The lowest BCUT2D eigenvalue weighted by molar-refractivity contribution is -0.119. The molecule has 0 unspecified atom stereocenters. The number of hydrogen-bond acceptors (Lipinski definition) is 1. The van der Waals surface area contributed by atoms with Gasteiger partial charge in [-0.3, -0.25) is 0 Å². The van der Waals surface area contributed by atoms with Crippen molar-refractivity contribution in [2.75, 3.05) is 6.54 Å². The Balaban J connectivity index is 1.82. The second-order valence-corrected chi connectivity index (χ2v) is 9.53. The SMILES string of the molecule is CC(C)[C@@H]1CC[C@H]2[C@H](CC[C@H]3[C@](C)(CN)CCC[C@]23C)C1. The van der Waals surface area contributed by atoms with Crippen molar-refractivity contribution in [3.63, 3.8) is 0 Å². The lowest BCUT2D eigenvalue weighted by atomic mass is 9.43. The van der Waals surface area contributed by atoms with E-state index in [2.05, 4.69) is 27.7 Å². The molecule has 3 aliphatic carbocycles. The van der Waals surface area contributed by atoms with Crippen molar-refractivity contribution in [2.24, 2.45) is 46.2 Å². The second-order valence-electron chi connectivity index (χ2n) is 9.53. The zero-order chi connectivity index (χ0) is 15.3. The molecule has 0 aliphatic heterocycles. The van der Waals surface area contributed by atoms with Crippen molar-refractivity contribution in [3.05, 3.63) is 0 Å². The maximum atomic E-state index is 6.23. The predicted octanol–water partition coefficient (Wildman–Crippen LogP) is 5.24. The van der Waals surface area contributed by atoms with Gasteiger partial charge in [-0.1, -0.05) is 34.1 Å². The fourth-order valence-corrected chi connectivity index (χ4v) is 6.86. The number of hydrogen-bond donors (Lipinski definition) is 1. The first kappa shape index (κ1) is 15.8. The predicted molar refractivity (Wildman–Crippen MR) is 91.0 cm³/mol. The van der Waals surface area contributed by atoms with Crippen molar-refractivity contribution in [1.82, 2.24) is 0 Å². The van der Waals surface area contributed by atoms with E-state index in [4.69, 9.17) is 5.73 Å². The molecule has 0 bridgehead atoms. The number of fused-ring (bicyclic) bond motifs is 3. The quantitative estimate of drug-likeness (QED) is 0.739. The van der Waals surface area contributed by atoms with Crippen LogP contribution in [0.15, 0.2) is 0 Å². The topological polar surface area (TPSA) is 26.0 Å². The highest BCUT2D eigenvalue weighted by molar-refractivity contribution is 5.06. The van der Waals surface area contributed by atoms with Gasteiger partial charge in [-0.25, -0.2) is 0 Å². The molecule has 0 amide bonds. The summed E-state index contributed by atoms with van der Waals surface area (Å²) in [5.74, 6) is 4.79. The van der Waals surface area contributed by atoms with E-state index in [1.54, 1.807) is 0 Å². The number of rotatable bonds is 2. The molecule has 3 saturated carbocycles. The van der Waals surface area contributed by atoms with E-state index in [1.165, 1.54) is 51.4 Å². The van der Waals surface area contributed by atoms with Gasteiger partial charge in [0.25, 0.3) is 0 Å². The Morgan fingerprint density at radius 3 is 2.48 bits per heavy atom. The molecule has 3 aliphatic rings. The van der Waals surface area contributed by atoms with Crippen LogP contribution >= 0.6 is 0 Å². The summed E-state index contributed by atoms with van der Waals surface area (Å²) < 4.78 is 0. The maximum Gasteiger partial charge on any atom is -0.00203 e. The Hall–Kier alpha value is -0.0400. The molecule has 1 nitrogen and oxygen atoms in total. The van der Waals surface area contributed by atoms with Crippen LogP contribution in [0.1, 0.15) is 79.1 Å². The first-order valence-corrected chi connectivity index (χ1v) is 9.61. The normalized spacial score (nSPS) is 50.6. The zero-order valence-corrected chi connectivity index (χ0v) is 14.8. The van der Waals surface area contributed by atoms with Gasteiger partial charge in [0.2, 0.25) is 0 Å². The molecule has 0 radical (unpaired) electrons. The molecule has 0 heterocycles. The zero-order valence-electron chi connectivity index (χ0n) is 14.8. The molecule has 2 N–H and O–H groups in total. The summed E-state index contributed by atoms with van der Waals surface area (Å²) in [4.78, 5) is 0. The Kier molecular flexibility index (Phi) is 4.19. The highest BCUT2D eigenvalue weighted by Crippen LogP contribution is 2.64. The average molecular weight is 292 g/mol.